The highest BCUT2D eigenvalue weighted by molar-refractivity contribution is 5.20. The third-order valence-electron chi connectivity index (χ3n) is 2.09. The molecule has 1 aromatic rings. The summed E-state index contributed by atoms with van der Waals surface area (Å²) in [5.41, 5.74) is 1.15. The third-order valence-corrected chi connectivity index (χ3v) is 2.09. The van der Waals surface area contributed by atoms with E-state index in [4.69, 9.17) is 14.2 Å². The fourth-order valence-electron chi connectivity index (χ4n) is 1.29. The standard InChI is InChI=1S/C12H20N2O3/c1-13-10-11-3-4-14-12(9-11)17-8-7-16-6-5-15-2/h3-4,9,13H,5-8,10H2,1-2H3. The van der Waals surface area contributed by atoms with Crippen LogP contribution >= 0.6 is 0 Å². The fourth-order valence-corrected chi connectivity index (χ4v) is 1.29. The van der Waals surface area contributed by atoms with Gasteiger partial charge in [-0.15, -0.1) is 0 Å². The van der Waals surface area contributed by atoms with Gasteiger partial charge < -0.3 is 19.5 Å². The Morgan fingerprint density at radius 3 is 2.82 bits per heavy atom. The topological polar surface area (TPSA) is 52.6 Å². The van der Waals surface area contributed by atoms with E-state index >= 15 is 0 Å². The molecule has 0 saturated carbocycles. The molecule has 1 heterocycles. The summed E-state index contributed by atoms with van der Waals surface area (Å²) in [6.07, 6.45) is 1.74. The molecule has 1 aromatic heterocycles. The molecule has 1 N–H and O–H groups in total. The molecular formula is C12H20N2O3. The van der Waals surface area contributed by atoms with Crippen LogP contribution in [0.4, 0.5) is 0 Å². The van der Waals surface area contributed by atoms with Gasteiger partial charge in [-0.1, -0.05) is 0 Å². The second kappa shape index (κ2) is 8.92. The lowest BCUT2D eigenvalue weighted by atomic mass is 10.3. The molecule has 0 radical (unpaired) electrons. The lowest BCUT2D eigenvalue weighted by Gasteiger charge is -2.07. The normalized spacial score (nSPS) is 10.5. The van der Waals surface area contributed by atoms with Crippen LogP contribution in [0.1, 0.15) is 5.56 Å². The Hall–Kier alpha value is -1.17. The Morgan fingerprint density at radius 2 is 2.06 bits per heavy atom. The van der Waals surface area contributed by atoms with Crippen LogP contribution in [0.2, 0.25) is 0 Å². The summed E-state index contributed by atoms with van der Waals surface area (Å²) in [4.78, 5) is 4.13. The second-order valence-corrected chi connectivity index (χ2v) is 3.49. The number of nitrogens with zero attached hydrogens (tertiary/aromatic N) is 1. The maximum atomic E-state index is 5.47. The molecule has 0 unspecified atom stereocenters. The molecule has 0 aromatic carbocycles. The second-order valence-electron chi connectivity index (χ2n) is 3.49. The molecule has 0 saturated heterocycles. The highest BCUT2D eigenvalue weighted by Crippen LogP contribution is 2.08. The molecule has 1 rings (SSSR count). The zero-order valence-corrected chi connectivity index (χ0v) is 10.4. The monoisotopic (exact) mass is 240 g/mol. The number of ether oxygens (including phenoxy) is 3. The van der Waals surface area contributed by atoms with Crippen molar-refractivity contribution >= 4 is 0 Å². The number of aromatic nitrogens is 1. The number of rotatable bonds is 9. The maximum Gasteiger partial charge on any atom is 0.213 e. The van der Waals surface area contributed by atoms with Gasteiger partial charge in [0.2, 0.25) is 5.88 Å². The van der Waals surface area contributed by atoms with Crippen LogP contribution in [0, 0.1) is 0 Å². The van der Waals surface area contributed by atoms with Crippen LogP contribution in [0.25, 0.3) is 0 Å². The van der Waals surface area contributed by atoms with Crippen molar-refractivity contribution in [2.24, 2.45) is 0 Å². The summed E-state index contributed by atoms with van der Waals surface area (Å²) >= 11 is 0. The molecule has 5 nitrogen and oxygen atoms in total. The zero-order valence-electron chi connectivity index (χ0n) is 10.4. The van der Waals surface area contributed by atoms with Gasteiger partial charge in [0.1, 0.15) is 6.61 Å². The molecule has 96 valence electrons. The molecular weight excluding hydrogens is 220 g/mol. The molecule has 0 fully saturated rings. The Labute approximate surface area is 102 Å². The Balaban J connectivity index is 2.19. The van der Waals surface area contributed by atoms with Gasteiger partial charge in [0.05, 0.1) is 19.8 Å². The van der Waals surface area contributed by atoms with Crippen molar-refractivity contribution in [2.45, 2.75) is 6.54 Å². The third kappa shape index (κ3) is 6.21. The van der Waals surface area contributed by atoms with Crippen LogP contribution in [-0.4, -0.2) is 45.6 Å². The van der Waals surface area contributed by atoms with E-state index in [1.165, 1.54) is 0 Å². The van der Waals surface area contributed by atoms with Crippen molar-refractivity contribution in [1.29, 1.82) is 0 Å². The number of pyridine rings is 1. The summed E-state index contributed by atoms with van der Waals surface area (Å²) in [6.45, 7) is 3.05. The first kappa shape index (κ1) is 13.9. The Morgan fingerprint density at radius 1 is 1.24 bits per heavy atom. The van der Waals surface area contributed by atoms with Gasteiger partial charge in [-0.25, -0.2) is 4.98 Å². The van der Waals surface area contributed by atoms with Crippen molar-refractivity contribution in [3.63, 3.8) is 0 Å². The van der Waals surface area contributed by atoms with Gasteiger partial charge in [0, 0.05) is 25.9 Å². The quantitative estimate of drug-likeness (QED) is 0.648. The summed E-state index contributed by atoms with van der Waals surface area (Å²) < 4.78 is 15.6. The minimum Gasteiger partial charge on any atom is -0.475 e. The number of hydrogen-bond acceptors (Lipinski definition) is 5. The molecule has 0 atom stereocenters. The van der Waals surface area contributed by atoms with Gasteiger partial charge >= 0.3 is 0 Å². The Kier molecular flexibility index (Phi) is 7.29. The highest BCUT2D eigenvalue weighted by Gasteiger charge is 1.97. The smallest absolute Gasteiger partial charge is 0.213 e. The van der Waals surface area contributed by atoms with Gasteiger partial charge in [-0.05, 0) is 18.7 Å². The van der Waals surface area contributed by atoms with Gasteiger partial charge in [-0.3, -0.25) is 0 Å². The van der Waals surface area contributed by atoms with Crippen LogP contribution in [0.15, 0.2) is 18.3 Å². The lowest BCUT2D eigenvalue weighted by molar-refractivity contribution is 0.0536. The molecule has 0 aliphatic heterocycles. The number of nitrogens with one attached hydrogen (secondary N) is 1. The first-order valence-corrected chi connectivity index (χ1v) is 5.66. The van der Waals surface area contributed by atoms with E-state index in [0.29, 0.717) is 32.3 Å². The van der Waals surface area contributed by atoms with E-state index in [9.17, 15) is 0 Å². The van der Waals surface area contributed by atoms with Crippen molar-refractivity contribution in [3.8, 4) is 5.88 Å². The van der Waals surface area contributed by atoms with Crippen molar-refractivity contribution < 1.29 is 14.2 Å². The number of methoxy groups -OCH3 is 1. The largest absolute Gasteiger partial charge is 0.475 e. The fraction of sp³-hybridized carbons (Fsp3) is 0.583. The molecule has 5 heteroatoms. The minimum absolute atomic E-state index is 0.500. The van der Waals surface area contributed by atoms with Crippen LogP contribution in [0.3, 0.4) is 0 Å². The van der Waals surface area contributed by atoms with E-state index in [1.807, 2.05) is 19.2 Å². The predicted molar refractivity (Wildman–Crippen MR) is 65.2 cm³/mol. The molecule has 0 aliphatic rings. The van der Waals surface area contributed by atoms with Gasteiger partial charge in [0.25, 0.3) is 0 Å². The maximum absolute atomic E-state index is 5.47. The van der Waals surface area contributed by atoms with Gasteiger partial charge in [0.15, 0.2) is 0 Å². The molecule has 0 bridgehead atoms. The Bertz CT molecular complexity index is 308. The average Bonchev–Trinajstić information content (AvgIpc) is 2.35. The zero-order chi connectivity index (χ0) is 12.3. The van der Waals surface area contributed by atoms with Crippen LogP contribution < -0.4 is 10.1 Å². The summed E-state index contributed by atoms with van der Waals surface area (Å²) in [7, 11) is 3.56. The van der Waals surface area contributed by atoms with Crippen molar-refractivity contribution in [3.05, 3.63) is 23.9 Å². The predicted octanol–water partition coefficient (Wildman–Crippen LogP) is 0.843. The summed E-state index contributed by atoms with van der Waals surface area (Å²) in [6, 6.07) is 3.88. The average molecular weight is 240 g/mol. The van der Waals surface area contributed by atoms with E-state index in [-0.39, 0.29) is 0 Å². The first-order chi connectivity index (χ1) is 8.36. The lowest BCUT2D eigenvalue weighted by Crippen LogP contribution is -2.11. The molecule has 0 spiro atoms. The van der Waals surface area contributed by atoms with Crippen molar-refractivity contribution in [1.82, 2.24) is 10.3 Å². The molecule has 0 aliphatic carbocycles. The van der Waals surface area contributed by atoms with Crippen LogP contribution in [0.5, 0.6) is 5.88 Å². The summed E-state index contributed by atoms with van der Waals surface area (Å²) in [5, 5.41) is 3.08. The van der Waals surface area contributed by atoms with Crippen LogP contribution in [-0.2, 0) is 16.0 Å². The summed E-state index contributed by atoms with van der Waals surface area (Å²) in [5.74, 6) is 0.632. The van der Waals surface area contributed by atoms with Crippen molar-refractivity contribution in [2.75, 3.05) is 40.6 Å². The molecule has 0 amide bonds. The molecule has 17 heavy (non-hydrogen) atoms. The van der Waals surface area contributed by atoms with E-state index in [2.05, 4.69) is 10.3 Å². The van der Waals surface area contributed by atoms with E-state index in [1.54, 1.807) is 13.3 Å². The SMILES string of the molecule is CNCc1ccnc(OCCOCCOC)c1. The van der Waals surface area contributed by atoms with Gasteiger partial charge in [-0.2, -0.15) is 0 Å². The van der Waals surface area contributed by atoms with E-state index < -0.39 is 0 Å². The minimum atomic E-state index is 0.500. The highest BCUT2D eigenvalue weighted by atomic mass is 16.5. The first-order valence-electron chi connectivity index (χ1n) is 5.66. The van der Waals surface area contributed by atoms with E-state index in [0.717, 1.165) is 12.1 Å². The number of hydrogen-bond donors (Lipinski definition) is 1.